The number of Topliss-reactive ketones (excluding diaryl/α,β-unsaturated/α-hetero) is 1. The van der Waals surface area contributed by atoms with Gasteiger partial charge >= 0.3 is 5.97 Å². The number of carbonyl (C=O) groups excluding carboxylic acids is 2. The van der Waals surface area contributed by atoms with Gasteiger partial charge in [0.1, 0.15) is 11.2 Å². The van der Waals surface area contributed by atoms with Crippen molar-refractivity contribution < 1.29 is 14.3 Å². The Morgan fingerprint density at radius 1 is 1.00 bits per heavy atom. The first-order chi connectivity index (χ1) is 11.8. The number of ketones is 1. The van der Waals surface area contributed by atoms with E-state index in [-0.39, 0.29) is 11.4 Å². The van der Waals surface area contributed by atoms with E-state index in [1.807, 2.05) is 51.3 Å². The molecule has 4 rings (SSSR count). The van der Waals surface area contributed by atoms with Crippen LogP contribution in [0.5, 0.6) is 0 Å². The summed E-state index contributed by atoms with van der Waals surface area (Å²) in [5.74, 6) is -0.767. The highest BCUT2D eigenvalue weighted by atomic mass is 32.2. The lowest BCUT2D eigenvalue weighted by atomic mass is 10.0. The summed E-state index contributed by atoms with van der Waals surface area (Å²) in [7, 11) is 0. The highest BCUT2D eigenvalue weighted by Gasteiger charge is 2.42. The van der Waals surface area contributed by atoms with Crippen molar-refractivity contribution >= 4 is 45.4 Å². The van der Waals surface area contributed by atoms with Crippen molar-refractivity contribution in [3.8, 4) is 0 Å². The van der Waals surface area contributed by atoms with Gasteiger partial charge in [-0.2, -0.15) is 0 Å². The van der Waals surface area contributed by atoms with Crippen LogP contribution >= 0.6 is 11.8 Å². The monoisotopic (exact) mass is 350 g/mol. The van der Waals surface area contributed by atoms with Crippen molar-refractivity contribution in [2.24, 2.45) is 0 Å². The van der Waals surface area contributed by atoms with E-state index in [4.69, 9.17) is 4.74 Å². The van der Waals surface area contributed by atoms with E-state index in [2.05, 4.69) is 12.1 Å². The number of fused-ring (bicyclic) bond motifs is 3. The first-order valence-electron chi connectivity index (χ1n) is 8.17. The molecule has 25 heavy (non-hydrogen) atoms. The Kier molecular flexibility index (Phi) is 3.45. The van der Waals surface area contributed by atoms with Crippen LogP contribution in [0.25, 0.3) is 21.9 Å². The van der Waals surface area contributed by atoms with Gasteiger partial charge in [-0.15, -0.1) is 11.8 Å². The van der Waals surface area contributed by atoms with Gasteiger partial charge in [0.25, 0.3) is 0 Å². The Balaban J connectivity index is 2.02. The van der Waals surface area contributed by atoms with Gasteiger partial charge in [0.15, 0.2) is 0 Å². The maximum atomic E-state index is 13.0. The quantitative estimate of drug-likeness (QED) is 0.586. The van der Waals surface area contributed by atoms with E-state index >= 15 is 0 Å². The largest absolute Gasteiger partial charge is 0.456 e. The molecule has 3 nitrogen and oxygen atoms in total. The maximum absolute atomic E-state index is 13.0. The zero-order valence-corrected chi connectivity index (χ0v) is 15.4. The lowest BCUT2D eigenvalue weighted by molar-refractivity contribution is -0.150. The predicted molar refractivity (Wildman–Crippen MR) is 102 cm³/mol. The highest BCUT2D eigenvalue weighted by Crippen LogP contribution is 2.54. The van der Waals surface area contributed by atoms with Crippen LogP contribution in [-0.4, -0.2) is 23.6 Å². The minimum Gasteiger partial charge on any atom is -0.456 e. The van der Waals surface area contributed by atoms with Crippen molar-refractivity contribution in [1.82, 2.24) is 0 Å². The van der Waals surface area contributed by atoms with Crippen LogP contribution < -0.4 is 0 Å². The molecule has 2 aliphatic carbocycles. The molecular weight excluding hydrogens is 332 g/mol. The zero-order chi connectivity index (χ0) is 17.9. The number of esters is 1. The van der Waals surface area contributed by atoms with Gasteiger partial charge in [0, 0.05) is 11.1 Å². The molecule has 4 heteroatoms. The molecule has 126 valence electrons. The maximum Gasteiger partial charge on any atom is 0.343 e. The summed E-state index contributed by atoms with van der Waals surface area (Å²) in [5, 5.41) is 2.22. The Bertz CT molecular complexity index is 1010. The van der Waals surface area contributed by atoms with Crippen LogP contribution in [0.15, 0.2) is 46.9 Å². The molecule has 0 N–H and O–H groups in total. The number of ether oxygens (including phenoxy) is 1. The molecule has 0 atom stereocenters. The summed E-state index contributed by atoms with van der Waals surface area (Å²) >= 11 is 1.39. The summed E-state index contributed by atoms with van der Waals surface area (Å²) in [6, 6.07) is 12.1. The molecule has 0 spiro atoms. The van der Waals surface area contributed by atoms with Crippen molar-refractivity contribution in [2.45, 2.75) is 26.4 Å². The van der Waals surface area contributed by atoms with E-state index in [0.29, 0.717) is 4.91 Å². The van der Waals surface area contributed by atoms with Gasteiger partial charge in [-0.1, -0.05) is 36.4 Å². The molecular formula is C21H18O3S. The molecule has 0 aromatic heterocycles. The summed E-state index contributed by atoms with van der Waals surface area (Å²) in [6.45, 7) is 5.43. The first-order valence-corrected chi connectivity index (χ1v) is 9.39. The standard InChI is InChI=1S/C21H18O3S/c1-21(2,3)24-20(23)17-15-12-9-5-7-11-8-6-10-13(14(11)12)16(15)19(25-4)18(17)22/h5-10H,1-4H3. The van der Waals surface area contributed by atoms with Crippen LogP contribution in [-0.2, 0) is 14.3 Å². The SMILES string of the molecule is CSC1=C2C(=C(C(=O)OC(C)(C)C)C1=O)c1cccc3cccc2c13. The fraction of sp³-hybridized carbons (Fsp3) is 0.238. The molecule has 0 radical (unpaired) electrons. The first kappa shape index (κ1) is 16.2. The number of allylic oxidation sites excluding steroid dienone is 3. The van der Waals surface area contributed by atoms with Crippen LogP contribution in [0, 0.1) is 0 Å². The number of benzene rings is 2. The summed E-state index contributed by atoms with van der Waals surface area (Å²) in [4.78, 5) is 26.4. The normalized spacial score (nSPS) is 16.1. The number of hydrogen-bond acceptors (Lipinski definition) is 4. The number of hydrogen-bond donors (Lipinski definition) is 0. The van der Waals surface area contributed by atoms with E-state index in [9.17, 15) is 9.59 Å². The van der Waals surface area contributed by atoms with E-state index < -0.39 is 11.6 Å². The Morgan fingerprint density at radius 3 is 2.16 bits per heavy atom. The van der Waals surface area contributed by atoms with E-state index in [1.54, 1.807) is 0 Å². The van der Waals surface area contributed by atoms with Gasteiger partial charge in [0.05, 0.1) is 4.91 Å². The second-order valence-corrected chi connectivity index (χ2v) is 8.02. The minimum atomic E-state index is -0.648. The van der Waals surface area contributed by atoms with Gasteiger partial charge < -0.3 is 4.74 Å². The molecule has 2 aliphatic rings. The van der Waals surface area contributed by atoms with Crippen LogP contribution in [0.2, 0.25) is 0 Å². The van der Waals surface area contributed by atoms with Gasteiger partial charge in [0.2, 0.25) is 5.78 Å². The molecule has 0 saturated carbocycles. The Hall–Kier alpha value is -2.33. The van der Waals surface area contributed by atoms with Crippen LogP contribution in [0.1, 0.15) is 31.9 Å². The zero-order valence-electron chi connectivity index (χ0n) is 14.6. The average Bonchev–Trinajstić information content (AvgIpc) is 3.00. The molecule has 0 aliphatic heterocycles. The second kappa shape index (κ2) is 5.33. The van der Waals surface area contributed by atoms with E-state index in [0.717, 1.165) is 33.0 Å². The van der Waals surface area contributed by atoms with Crippen LogP contribution in [0.3, 0.4) is 0 Å². The van der Waals surface area contributed by atoms with Gasteiger partial charge in [-0.05, 0) is 48.9 Å². The second-order valence-electron chi connectivity index (χ2n) is 7.20. The highest BCUT2D eigenvalue weighted by molar-refractivity contribution is 8.03. The molecule has 0 fully saturated rings. The van der Waals surface area contributed by atoms with Crippen molar-refractivity contribution in [1.29, 1.82) is 0 Å². The minimum absolute atomic E-state index is 0.165. The van der Waals surface area contributed by atoms with E-state index in [1.165, 1.54) is 11.8 Å². The fourth-order valence-electron chi connectivity index (χ4n) is 3.58. The summed E-state index contributed by atoms with van der Waals surface area (Å²) < 4.78 is 5.53. The lowest BCUT2D eigenvalue weighted by Gasteiger charge is -2.20. The third-order valence-corrected chi connectivity index (χ3v) is 5.21. The molecule has 2 aromatic rings. The number of carbonyl (C=O) groups is 2. The molecule has 2 aromatic carbocycles. The summed E-state index contributed by atoms with van der Waals surface area (Å²) in [5.41, 5.74) is 3.10. The smallest absolute Gasteiger partial charge is 0.343 e. The van der Waals surface area contributed by atoms with Gasteiger partial charge in [-0.25, -0.2) is 4.79 Å². The third kappa shape index (κ3) is 2.28. The molecule has 0 amide bonds. The summed E-state index contributed by atoms with van der Waals surface area (Å²) in [6.07, 6.45) is 1.87. The molecule has 0 bridgehead atoms. The molecule has 0 heterocycles. The topological polar surface area (TPSA) is 43.4 Å². The molecule has 0 unspecified atom stereocenters. The number of thioether (sulfide) groups is 1. The predicted octanol–water partition coefficient (Wildman–Crippen LogP) is 4.61. The fourth-order valence-corrected chi connectivity index (χ4v) is 4.29. The average molecular weight is 350 g/mol. The van der Waals surface area contributed by atoms with Crippen LogP contribution in [0.4, 0.5) is 0 Å². The number of rotatable bonds is 2. The van der Waals surface area contributed by atoms with Crippen molar-refractivity contribution in [3.05, 3.63) is 58.0 Å². The molecule has 0 saturated heterocycles. The van der Waals surface area contributed by atoms with Gasteiger partial charge in [-0.3, -0.25) is 4.79 Å². The Morgan fingerprint density at radius 2 is 1.60 bits per heavy atom. The van der Waals surface area contributed by atoms with Crippen molar-refractivity contribution in [2.75, 3.05) is 6.26 Å². The Labute approximate surface area is 150 Å². The third-order valence-electron chi connectivity index (χ3n) is 4.41. The lowest BCUT2D eigenvalue weighted by Crippen LogP contribution is -2.27. The van der Waals surface area contributed by atoms with Crippen molar-refractivity contribution in [3.63, 3.8) is 0 Å².